The summed E-state index contributed by atoms with van der Waals surface area (Å²) in [5.74, 6) is -0.236. The van der Waals surface area contributed by atoms with Gasteiger partial charge in [0, 0.05) is 33.1 Å². The Morgan fingerprint density at radius 1 is 0.767 bits per heavy atom. The summed E-state index contributed by atoms with van der Waals surface area (Å²) in [4.78, 5) is 18.8. The van der Waals surface area contributed by atoms with E-state index in [1.165, 1.54) is 0 Å². The lowest BCUT2D eigenvalue weighted by Gasteiger charge is -2.32. The van der Waals surface area contributed by atoms with E-state index in [0.717, 1.165) is 50.2 Å². The second-order valence-electron chi connectivity index (χ2n) is 11.1. The minimum absolute atomic E-state index is 0.0722. The molecule has 5 aromatic carbocycles. The Bertz CT molecular complexity index is 1900. The van der Waals surface area contributed by atoms with E-state index in [-0.39, 0.29) is 11.8 Å². The number of halogens is 1. The van der Waals surface area contributed by atoms with Crippen LogP contribution in [-0.4, -0.2) is 16.6 Å². The zero-order valence-electron chi connectivity index (χ0n) is 23.7. The number of hydrazone groups is 1. The number of H-pyrrole nitrogens is 1. The monoisotopic (exact) mass is 579 g/mol. The molecule has 210 valence electrons. The van der Waals surface area contributed by atoms with E-state index >= 15 is 4.79 Å². The molecule has 0 spiro atoms. The molecule has 0 saturated heterocycles. The third kappa shape index (κ3) is 4.65. The molecule has 1 atom stereocenters. The number of benzene rings is 5. The summed E-state index contributed by atoms with van der Waals surface area (Å²) in [5, 5.41) is 8.15. The van der Waals surface area contributed by atoms with E-state index < -0.39 is 5.41 Å². The lowest BCUT2D eigenvalue weighted by Crippen LogP contribution is -2.46. The summed E-state index contributed by atoms with van der Waals surface area (Å²) in [6, 6.07) is 46.7. The number of amides is 1. The van der Waals surface area contributed by atoms with Crippen molar-refractivity contribution >= 4 is 39.8 Å². The van der Waals surface area contributed by atoms with E-state index in [1.807, 2.05) is 85.8 Å². The predicted octanol–water partition coefficient (Wildman–Crippen LogP) is 8.90. The number of nitrogens with one attached hydrogen (secondary N) is 1. The second-order valence-corrected chi connectivity index (χ2v) is 11.5. The Labute approximate surface area is 256 Å². The van der Waals surface area contributed by atoms with Gasteiger partial charge in [-0.25, -0.2) is 0 Å². The molecule has 7 rings (SSSR count). The highest BCUT2D eigenvalue weighted by atomic mass is 35.5. The van der Waals surface area contributed by atoms with Gasteiger partial charge in [-0.1, -0.05) is 127 Å². The van der Waals surface area contributed by atoms with Gasteiger partial charge in [0.25, 0.3) is 5.91 Å². The topological polar surface area (TPSA) is 48.5 Å². The van der Waals surface area contributed by atoms with Gasteiger partial charge >= 0.3 is 0 Å². The summed E-state index contributed by atoms with van der Waals surface area (Å²) in [7, 11) is 0. The van der Waals surface area contributed by atoms with Gasteiger partial charge in [-0.3, -0.25) is 4.79 Å². The van der Waals surface area contributed by atoms with Gasteiger partial charge in [-0.15, -0.1) is 0 Å². The van der Waals surface area contributed by atoms with Crippen molar-refractivity contribution in [1.82, 2.24) is 4.98 Å². The Morgan fingerprint density at radius 3 is 1.93 bits per heavy atom. The fourth-order valence-corrected chi connectivity index (χ4v) is 6.70. The minimum atomic E-state index is -1.07. The Balaban J connectivity index is 1.56. The molecule has 1 N–H and O–H groups in total. The molecular weight excluding hydrogens is 550 g/mol. The van der Waals surface area contributed by atoms with Crippen LogP contribution in [0.5, 0.6) is 0 Å². The van der Waals surface area contributed by atoms with E-state index in [0.29, 0.717) is 11.4 Å². The van der Waals surface area contributed by atoms with E-state index in [2.05, 4.69) is 65.6 Å². The maximum Gasteiger partial charge on any atom is 0.264 e. The molecule has 1 aromatic heterocycles. The molecule has 0 bridgehead atoms. The number of aromatic nitrogens is 1. The quantitative estimate of drug-likeness (QED) is 0.202. The number of anilines is 1. The van der Waals surface area contributed by atoms with Gasteiger partial charge in [0.05, 0.1) is 11.4 Å². The maximum atomic E-state index is 15.1. The zero-order valence-corrected chi connectivity index (χ0v) is 24.5. The number of aromatic amines is 1. The van der Waals surface area contributed by atoms with Crippen LogP contribution in [0.1, 0.15) is 40.8 Å². The van der Waals surface area contributed by atoms with Gasteiger partial charge in [-0.2, -0.15) is 10.1 Å². The molecule has 1 aliphatic rings. The van der Waals surface area contributed by atoms with Crippen molar-refractivity contribution < 1.29 is 4.79 Å². The summed E-state index contributed by atoms with van der Waals surface area (Å²) in [6.45, 7) is 1.99. The molecule has 0 fully saturated rings. The van der Waals surface area contributed by atoms with Crippen LogP contribution in [0.25, 0.3) is 10.9 Å². The number of nitrogens with zero attached hydrogens (tertiary/aromatic N) is 2. The van der Waals surface area contributed by atoms with Crippen molar-refractivity contribution in [2.24, 2.45) is 5.10 Å². The number of rotatable bonds is 7. The minimum Gasteiger partial charge on any atom is -0.357 e. The largest absolute Gasteiger partial charge is 0.357 e. The van der Waals surface area contributed by atoms with Crippen molar-refractivity contribution in [2.45, 2.75) is 24.7 Å². The first-order chi connectivity index (χ1) is 21.1. The lowest BCUT2D eigenvalue weighted by molar-refractivity contribution is -0.121. The van der Waals surface area contributed by atoms with Gasteiger partial charge in [0.1, 0.15) is 5.41 Å². The van der Waals surface area contributed by atoms with Gasteiger partial charge in [0.2, 0.25) is 0 Å². The lowest BCUT2D eigenvalue weighted by atomic mass is 9.68. The zero-order chi connectivity index (χ0) is 29.4. The van der Waals surface area contributed by atoms with Gasteiger partial charge in [-0.05, 0) is 54.3 Å². The van der Waals surface area contributed by atoms with E-state index in [9.17, 15) is 0 Å². The predicted molar refractivity (Wildman–Crippen MR) is 176 cm³/mol. The summed E-state index contributed by atoms with van der Waals surface area (Å²) in [5.41, 5.74) is 6.53. The smallest absolute Gasteiger partial charge is 0.264 e. The molecule has 1 amide bonds. The number of carbonyl (C=O) groups excluding carboxylic acids is 1. The summed E-state index contributed by atoms with van der Waals surface area (Å²) < 4.78 is 0. The van der Waals surface area contributed by atoms with Crippen LogP contribution in [0.3, 0.4) is 0 Å². The molecular formula is C38H30ClN3O. The molecule has 0 saturated carbocycles. The Morgan fingerprint density at radius 2 is 1.33 bits per heavy atom. The molecule has 6 aromatic rings. The standard InChI is InChI=1S/C38H30ClN3O/c1-26-38(25-27-14-6-2-7-15-27,37(43)42(41-26)31-20-12-5-13-21-31)35-32-23-22-30(39)24-33(32)40-36(35)34(28-16-8-3-9-17-28)29-18-10-4-11-19-29/h2-24,34,40H,25H2,1H3/t38-/m1/s1. The first-order valence-electron chi connectivity index (χ1n) is 14.5. The molecule has 0 aliphatic carbocycles. The fraction of sp³-hybridized carbons (Fsp3) is 0.105. The van der Waals surface area contributed by atoms with Crippen LogP contribution < -0.4 is 5.01 Å². The average Bonchev–Trinajstić information content (AvgIpc) is 3.53. The third-order valence-electron chi connectivity index (χ3n) is 8.51. The Kier molecular flexibility index (Phi) is 6.92. The Hall–Kier alpha value is -4.93. The highest BCUT2D eigenvalue weighted by molar-refractivity contribution is 6.31. The highest BCUT2D eigenvalue weighted by Crippen LogP contribution is 2.48. The van der Waals surface area contributed by atoms with Crippen molar-refractivity contribution in [3.8, 4) is 0 Å². The number of hydrogen-bond donors (Lipinski definition) is 1. The SMILES string of the molecule is CC1=NN(c2ccccc2)C(=O)[C@@]1(Cc1ccccc1)c1c(C(c2ccccc2)c2ccccc2)[nH]c2cc(Cl)ccc12. The summed E-state index contributed by atoms with van der Waals surface area (Å²) >= 11 is 6.56. The van der Waals surface area contributed by atoms with E-state index in [4.69, 9.17) is 16.7 Å². The first-order valence-corrected chi connectivity index (χ1v) is 14.8. The average molecular weight is 580 g/mol. The van der Waals surface area contributed by atoms with Crippen molar-refractivity contribution in [3.05, 3.63) is 172 Å². The molecule has 5 heteroatoms. The van der Waals surface area contributed by atoms with Crippen LogP contribution in [0.2, 0.25) is 5.02 Å². The fourth-order valence-electron chi connectivity index (χ4n) is 6.53. The van der Waals surface area contributed by atoms with Crippen LogP contribution in [0, 0.1) is 0 Å². The van der Waals surface area contributed by atoms with Crippen LogP contribution >= 0.6 is 11.6 Å². The van der Waals surface area contributed by atoms with Crippen molar-refractivity contribution in [3.63, 3.8) is 0 Å². The molecule has 2 heterocycles. The first kappa shape index (κ1) is 26.9. The molecule has 1 aliphatic heterocycles. The summed E-state index contributed by atoms with van der Waals surface area (Å²) in [6.07, 6.45) is 0.463. The van der Waals surface area contributed by atoms with E-state index in [1.54, 1.807) is 5.01 Å². The van der Waals surface area contributed by atoms with Crippen LogP contribution in [0.15, 0.2) is 145 Å². The van der Waals surface area contributed by atoms with Crippen LogP contribution in [0.4, 0.5) is 5.69 Å². The number of hydrogen-bond acceptors (Lipinski definition) is 2. The normalized spacial score (nSPS) is 16.7. The molecule has 0 radical (unpaired) electrons. The molecule has 4 nitrogen and oxygen atoms in total. The maximum absolute atomic E-state index is 15.1. The second kappa shape index (κ2) is 11.0. The third-order valence-corrected chi connectivity index (χ3v) is 8.74. The van der Waals surface area contributed by atoms with Crippen LogP contribution in [-0.2, 0) is 16.6 Å². The molecule has 43 heavy (non-hydrogen) atoms. The van der Waals surface area contributed by atoms with Gasteiger partial charge < -0.3 is 4.98 Å². The number of carbonyl (C=O) groups is 1. The molecule has 0 unspecified atom stereocenters. The number of fused-ring (bicyclic) bond motifs is 1. The van der Waals surface area contributed by atoms with Gasteiger partial charge in [0.15, 0.2) is 0 Å². The number of para-hydroxylation sites is 1. The van der Waals surface area contributed by atoms with Crippen molar-refractivity contribution in [2.75, 3.05) is 5.01 Å². The highest BCUT2D eigenvalue weighted by Gasteiger charge is 2.54. The van der Waals surface area contributed by atoms with Crippen molar-refractivity contribution in [1.29, 1.82) is 0 Å².